The molecular formula is C18H28N2OS. The van der Waals surface area contributed by atoms with Crippen LogP contribution in [0.3, 0.4) is 0 Å². The molecule has 3 nitrogen and oxygen atoms in total. The van der Waals surface area contributed by atoms with Gasteiger partial charge in [0.15, 0.2) is 0 Å². The molecule has 0 bridgehead atoms. The first-order valence-corrected chi connectivity index (χ1v) is 9.69. The van der Waals surface area contributed by atoms with Crippen LogP contribution in [-0.2, 0) is 0 Å². The number of nitrogens with zero attached hydrogens (tertiary/aromatic N) is 1. The summed E-state index contributed by atoms with van der Waals surface area (Å²) in [5.41, 5.74) is 0. The highest BCUT2D eigenvalue weighted by atomic mass is 32.1. The second-order valence-corrected chi connectivity index (χ2v) is 8.11. The van der Waals surface area contributed by atoms with E-state index in [4.69, 9.17) is 0 Å². The maximum atomic E-state index is 12.8. The maximum Gasteiger partial charge on any atom is 0.318 e. The molecule has 1 atom stereocenters. The van der Waals surface area contributed by atoms with Crippen LogP contribution in [0.4, 0.5) is 4.79 Å². The number of hydrogen-bond acceptors (Lipinski definition) is 2. The lowest BCUT2D eigenvalue weighted by molar-refractivity contribution is 0.170. The zero-order valence-electron chi connectivity index (χ0n) is 13.6. The number of nitrogens with one attached hydrogen (secondary N) is 1. The number of urea groups is 1. The Kier molecular flexibility index (Phi) is 5.40. The highest BCUT2D eigenvalue weighted by Gasteiger charge is 2.29. The van der Waals surface area contributed by atoms with Crippen LogP contribution in [0.25, 0.3) is 0 Å². The average molecular weight is 321 g/mol. The molecule has 1 aromatic rings. The van der Waals surface area contributed by atoms with Crippen LogP contribution in [0.2, 0.25) is 0 Å². The Hall–Kier alpha value is -1.03. The van der Waals surface area contributed by atoms with Gasteiger partial charge in [-0.05, 0) is 44.7 Å². The molecule has 1 aliphatic heterocycles. The molecule has 2 heterocycles. The van der Waals surface area contributed by atoms with Gasteiger partial charge in [0.25, 0.3) is 0 Å². The number of amides is 2. The summed E-state index contributed by atoms with van der Waals surface area (Å²) in [7, 11) is 0. The first-order chi connectivity index (χ1) is 10.7. The van der Waals surface area contributed by atoms with Crippen molar-refractivity contribution in [3.05, 3.63) is 21.9 Å². The van der Waals surface area contributed by atoms with Crippen molar-refractivity contribution in [2.75, 3.05) is 6.54 Å². The molecule has 0 aromatic carbocycles. The van der Waals surface area contributed by atoms with Gasteiger partial charge in [0, 0.05) is 22.3 Å². The largest absolute Gasteiger partial charge is 0.335 e. The van der Waals surface area contributed by atoms with Crippen LogP contribution >= 0.6 is 11.3 Å². The van der Waals surface area contributed by atoms with E-state index < -0.39 is 0 Å². The lowest BCUT2D eigenvalue weighted by Crippen LogP contribution is -2.46. The molecular weight excluding hydrogens is 292 g/mol. The van der Waals surface area contributed by atoms with Crippen molar-refractivity contribution in [1.29, 1.82) is 0 Å². The van der Waals surface area contributed by atoms with Crippen LogP contribution in [-0.4, -0.2) is 23.5 Å². The lowest BCUT2D eigenvalue weighted by Gasteiger charge is -2.32. The summed E-state index contributed by atoms with van der Waals surface area (Å²) in [6, 6.07) is 5.25. The lowest BCUT2D eigenvalue weighted by atomic mass is 9.96. The third-order valence-corrected chi connectivity index (χ3v) is 6.14. The monoisotopic (exact) mass is 320 g/mol. The zero-order chi connectivity index (χ0) is 15.4. The van der Waals surface area contributed by atoms with Crippen molar-refractivity contribution < 1.29 is 4.79 Å². The topological polar surface area (TPSA) is 32.3 Å². The van der Waals surface area contributed by atoms with Crippen LogP contribution in [0.15, 0.2) is 12.1 Å². The Morgan fingerprint density at radius 1 is 1.09 bits per heavy atom. The summed E-state index contributed by atoms with van der Waals surface area (Å²) in [6.45, 7) is 3.05. The maximum absolute atomic E-state index is 12.8. The number of likely N-dealkylation sites (tertiary alicyclic amines) is 1. The third kappa shape index (κ3) is 3.83. The van der Waals surface area contributed by atoms with Gasteiger partial charge in [-0.2, -0.15) is 0 Å². The summed E-state index contributed by atoms with van der Waals surface area (Å²) in [4.78, 5) is 17.6. The van der Waals surface area contributed by atoms with Crippen molar-refractivity contribution in [3.8, 4) is 0 Å². The molecule has 4 heteroatoms. The van der Waals surface area contributed by atoms with E-state index in [2.05, 4.69) is 29.3 Å². The molecule has 0 radical (unpaired) electrons. The van der Waals surface area contributed by atoms with Crippen LogP contribution in [0.1, 0.15) is 73.6 Å². The van der Waals surface area contributed by atoms with Crippen molar-refractivity contribution in [2.24, 2.45) is 0 Å². The van der Waals surface area contributed by atoms with E-state index in [-0.39, 0.29) is 12.1 Å². The standard InChI is InChI=1S/C18H28N2OS/c1-14-11-12-17(22-14)16-10-6-3-7-13-20(16)18(21)19-15-8-4-2-5-9-15/h11-12,15-16H,2-10,13H2,1H3,(H,19,21). The molecule has 3 rings (SSSR count). The second kappa shape index (κ2) is 7.49. The molecule has 22 heavy (non-hydrogen) atoms. The molecule has 1 saturated heterocycles. The number of rotatable bonds is 2. The SMILES string of the molecule is Cc1ccc(C2CCCCCN2C(=O)NC2CCCCC2)s1. The van der Waals surface area contributed by atoms with E-state index in [1.807, 2.05) is 11.3 Å². The molecule has 2 fully saturated rings. The van der Waals surface area contributed by atoms with Gasteiger partial charge < -0.3 is 10.2 Å². The Labute approximate surface area is 138 Å². The molecule has 2 aliphatic rings. The van der Waals surface area contributed by atoms with Gasteiger partial charge in [-0.3, -0.25) is 0 Å². The predicted molar refractivity (Wildman–Crippen MR) is 92.4 cm³/mol. The summed E-state index contributed by atoms with van der Waals surface area (Å²) < 4.78 is 0. The number of hydrogen-bond donors (Lipinski definition) is 1. The number of carbonyl (C=O) groups excluding carboxylic acids is 1. The third-order valence-electron chi connectivity index (χ3n) is 5.04. The fourth-order valence-electron chi connectivity index (χ4n) is 3.78. The van der Waals surface area contributed by atoms with Crippen LogP contribution in [0.5, 0.6) is 0 Å². The molecule has 1 aromatic heterocycles. The Morgan fingerprint density at radius 3 is 2.55 bits per heavy atom. The van der Waals surface area contributed by atoms with E-state index in [0.29, 0.717) is 6.04 Å². The first kappa shape index (κ1) is 15.9. The summed E-state index contributed by atoms with van der Waals surface area (Å²) in [6.07, 6.45) is 10.9. The van der Waals surface area contributed by atoms with E-state index in [1.165, 1.54) is 41.9 Å². The molecule has 1 saturated carbocycles. The summed E-state index contributed by atoms with van der Waals surface area (Å²) >= 11 is 1.85. The molecule has 1 aliphatic carbocycles. The Balaban J connectivity index is 1.70. The molecule has 1 unspecified atom stereocenters. The van der Waals surface area contributed by atoms with Gasteiger partial charge in [0.1, 0.15) is 0 Å². The smallest absolute Gasteiger partial charge is 0.318 e. The fraction of sp³-hybridized carbons (Fsp3) is 0.722. The van der Waals surface area contributed by atoms with Gasteiger partial charge in [-0.15, -0.1) is 11.3 Å². The highest BCUT2D eigenvalue weighted by Crippen LogP contribution is 2.34. The molecule has 0 spiro atoms. The van der Waals surface area contributed by atoms with Crippen LogP contribution < -0.4 is 5.32 Å². The molecule has 122 valence electrons. The second-order valence-electron chi connectivity index (χ2n) is 6.79. The van der Waals surface area contributed by atoms with E-state index in [1.54, 1.807) is 0 Å². The van der Waals surface area contributed by atoms with Gasteiger partial charge in [0.2, 0.25) is 0 Å². The number of carbonyl (C=O) groups is 1. The van der Waals surface area contributed by atoms with Crippen molar-refractivity contribution in [1.82, 2.24) is 10.2 Å². The average Bonchev–Trinajstić information content (AvgIpc) is 2.81. The zero-order valence-corrected chi connectivity index (χ0v) is 14.5. The quantitative estimate of drug-likeness (QED) is 0.815. The number of thiophene rings is 1. The molecule has 2 amide bonds. The van der Waals surface area contributed by atoms with Crippen molar-refractivity contribution >= 4 is 17.4 Å². The number of aryl methyl sites for hydroxylation is 1. The predicted octanol–water partition coefficient (Wildman–Crippen LogP) is 5.02. The normalized spacial score (nSPS) is 24.0. The fourth-order valence-corrected chi connectivity index (χ4v) is 4.81. The Morgan fingerprint density at radius 2 is 1.82 bits per heavy atom. The van der Waals surface area contributed by atoms with Gasteiger partial charge in [-0.1, -0.05) is 32.1 Å². The van der Waals surface area contributed by atoms with Crippen molar-refractivity contribution in [3.63, 3.8) is 0 Å². The minimum atomic E-state index is 0.171. The summed E-state index contributed by atoms with van der Waals surface area (Å²) in [5, 5.41) is 3.31. The minimum Gasteiger partial charge on any atom is -0.335 e. The summed E-state index contributed by atoms with van der Waals surface area (Å²) in [5.74, 6) is 0. The first-order valence-electron chi connectivity index (χ1n) is 8.87. The molecule has 1 N–H and O–H groups in total. The minimum absolute atomic E-state index is 0.171. The van der Waals surface area contributed by atoms with E-state index in [9.17, 15) is 4.79 Å². The van der Waals surface area contributed by atoms with Gasteiger partial charge in [-0.25, -0.2) is 4.79 Å². The highest BCUT2D eigenvalue weighted by molar-refractivity contribution is 7.12. The van der Waals surface area contributed by atoms with Crippen LogP contribution in [0, 0.1) is 6.92 Å². The Bertz CT molecular complexity index is 493. The van der Waals surface area contributed by atoms with Gasteiger partial charge in [0.05, 0.1) is 6.04 Å². The van der Waals surface area contributed by atoms with E-state index >= 15 is 0 Å². The van der Waals surface area contributed by atoms with E-state index in [0.717, 1.165) is 32.2 Å². The van der Waals surface area contributed by atoms with Gasteiger partial charge >= 0.3 is 6.03 Å². The van der Waals surface area contributed by atoms with Crippen molar-refractivity contribution in [2.45, 2.75) is 76.8 Å².